The normalized spacial score (nSPS) is 13.0. The van der Waals surface area contributed by atoms with Crippen molar-refractivity contribution in [2.45, 2.75) is 23.7 Å². The summed E-state index contributed by atoms with van der Waals surface area (Å²) in [5.41, 5.74) is 0.946. The highest BCUT2D eigenvalue weighted by Crippen LogP contribution is 2.66. The third-order valence-corrected chi connectivity index (χ3v) is 7.22. The van der Waals surface area contributed by atoms with Gasteiger partial charge in [0.15, 0.2) is 0 Å². The van der Waals surface area contributed by atoms with Crippen LogP contribution in [0.5, 0.6) is 0 Å². The largest absolute Gasteiger partial charge is 0.348 e. The maximum Gasteiger partial charge on any atom is 0.348 e. The van der Waals surface area contributed by atoms with Crippen molar-refractivity contribution in [3.8, 4) is 0 Å². The minimum atomic E-state index is -3.25. The molecule has 2 aromatic carbocycles. The molecular formula is C17H21O3PS. The first-order valence-electron chi connectivity index (χ1n) is 7.35. The Kier molecular flexibility index (Phi) is 6.71. The fraction of sp³-hybridized carbons (Fsp3) is 0.294. The van der Waals surface area contributed by atoms with Crippen LogP contribution in [-0.2, 0) is 13.6 Å². The van der Waals surface area contributed by atoms with E-state index in [0.717, 1.165) is 10.5 Å². The summed E-state index contributed by atoms with van der Waals surface area (Å²) in [7, 11) is -3.25. The molecule has 0 heterocycles. The molecule has 3 nitrogen and oxygen atoms in total. The monoisotopic (exact) mass is 336 g/mol. The lowest BCUT2D eigenvalue weighted by atomic mass is 10.2. The van der Waals surface area contributed by atoms with Crippen molar-refractivity contribution in [1.29, 1.82) is 0 Å². The van der Waals surface area contributed by atoms with Crippen molar-refractivity contribution >= 4 is 19.4 Å². The molecule has 0 saturated heterocycles. The van der Waals surface area contributed by atoms with Gasteiger partial charge in [-0.15, -0.1) is 11.8 Å². The van der Waals surface area contributed by atoms with Crippen LogP contribution in [0, 0.1) is 0 Å². The number of thioether (sulfide) groups is 1. The highest BCUT2D eigenvalue weighted by Gasteiger charge is 2.37. The molecule has 0 spiro atoms. The molecule has 2 rings (SSSR count). The Labute approximate surface area is 136 Å². The zero-order valence-electron chi connectivity index (χ0n) is 12.8. The zero-order valence-corrected chi connectivity index (χ0v) is 14.6. The fourth-order valence-corrected chi connectivity index (χ4v) is 5.81. The predicted molar refractivity (Wildman–Crippen MR) is 92.3 cm³/mol. The molecule has 0 aromatic heterocycles. The first-order chi connectivity index (χ1) is 10.7. The fourth-order valence-electron chi connectivity index (χ4n) is 2.09. The van der Waals surface area contributed by atoms with E-state index in [1.54, 1.807) is 0 Å². The molecule has 0 fully saturated rings. The molecule has 0 radical (unpaired) electrons. The number of benzene rings is 2. The Morgan fingerprint density at radius 2 is 1.41 bits per heavy atom. The van der Waals surface area contributed by atoms with E-state index < -0.39 is 7.60 Å². The van der Waals surface area contributed by atoms with Crippen LogP contribution >= 0.6 is 19.4 Å². The highest BCUT2D eigenvalue weighted by atomic mass is 32.2. The summed E-state index contributed by atoms with van der Waals surface area (Å²) >= 11 is 1.52. The Hall–Kier alpha value is -1.06. The summed E-state index contributed by atoms with van der Waals surface area (Å²) < 4.78 is 24.4. The molecule has 5 heteroatoms. The van der Waals surface area contributed by atoms with Gasteiger partial charge in [0, 0.05) is 4.90 Å². The second kappa shape index (κ2) is 8.54. The standard InChI is InChI=1S/C17H21O3PS/c1-3-19-21(18,20-4-2)17(15-11-7-5-8-12-15)22-16-13-9-6-10-14-16/h5-14,17H,3-4H2,1-2H3. The van der Waals surface area contributed by atoms with Gasteiger partial charge in [-0.2, -0.15) is 0 Å². The van der Waals surface area contributed by atoms with E-state index in [4.69, 9.17) is 9.05 Å². The Morgan fingerprint density at radius 1 is 0.909 bits per heavy atom. The average molecular weight is 336 g/mol. The number of hydrogen-bond acceptors (Lipinski definition) is 4. The van der Waals surface area contributed by atoms with E-state index in [-0.39, 0.29) is 4.99 Å². The van der Waals surface area contributed by atoms with Crippen LogP contribution in [0.25, 0.3) is 0 Å². The van der Waals surface area contributed by atoms with Crippen molar-refractivity contribution < 1.29 is 13.6 Å². The molecule has 0 saturated carbocycles. The predicted octanol–water partition coefficient (Wildman–Crippen LogP) is 5.74. The van der Waals surface area contributed by atoms with E-state index in [1.807, 2.05) is 74.5 Å². The summed E-state index contributed by atoms with van der Waals surface area (Å²) in [5.74, 6) is 0. The van der Waals surface area contributed by atoms with Crippen LogP contribution < -0.4 is 0 Å². The maximum atomic E-state index is 13.3. The summed E-state index contributed by atoms with van der Waals surface area (Å²) in [6, 6.07) is 19.7. The summed E-state index contributed by atoms with van der Waals surface area (Å²) in [4.78, 5) is 0.659. The van der Waals surface area contributed by atoms with E-state index in [9.17, 15) is 4.57 Å². The van der Waals surface area contributed by atoms with Crippen LogP contribution in [0.15, 0.2) is 65.6 Å². The van der Waals surface area contributed by atoms with Crippen molar-refractivity contribution in [1.82, 2.24) is 0 Å². The second-order valence-corrected chi connectivity index (χ2v) is 8.21. The number of rotatable bonds is 8. The van der Waals surface area contributed by atoms with E-state index in [1.165, 1.54) is 11.8 Å². The summed E-state index contributed by atoms with van der Waals surface area (Å²) in [6.45, 7) is 4.38. The lowest BCUT2D eigenvalue weighted by Gasteiger charge is -2.26. The molecule has 0 aliphatic carbocycles. The van der Waals surface area contributed by atoms with Gasteiger partial charge in [-0.25, -0.2) is 0 Å². The molecule has 2 aromatic rings. The van der Waals surface area contributed by atoms with Crippen LogP contribution in [-0.4, -0.2) is 13.2 Å². The zero-order chi connectivity index (χ0) is 15.8. The van der Waals surface area contributed by atoms with Gasteiger partial charge in [0.1, 0.15) is 4.99 Å². The molecule has 1 unspecified atom stereocenters. The molecule has 22 heavy (non-hydrogen) atoms. The van der Waals surface area contributed by atoms with Gasteiger partial charge in [0.25, 0.3) is 0 Å². The summed E-state index contributed by atoms with van der Waals surface area (Å²) in [5, 5.41) is 0. The molecular weight excluding hydrogens is 315 g/mol. The Morgan fingerprint density at radius 3 is 1.91 bits per heavy atom. The molecule has 0 amide bonds. The van der Waals surface area contributed by atoms with Gasteiger partial charge in [-0.3, -0.25) is 4.57 Å². The van der Waals surface area contributed by atoms with Crippen molar-refractivity contribution in [2.24, 2.45) is 0 Å². The molecule has 0 N–H and O–H groups in total. The average Bonchev–Trinajstić information content (AvgIpc) is 2.55. The van der Waals surface area contributed by atoms with Gasteiger partial charge in [0.05, 0.1) is 13.2 Å². The van der Waals surface area contributed by atoms with Gasteiger partial charge in [-0.1, -0.05) is 48.5 Å². The Bertz CT molecular complexity index is 594. The lowest BCUT2D eigenvalue weighted by molar-refractivity contribution is 0.218. The molecule has 0 aliphatic rings. The van der Waals surface area contributed by atoms with Gasteiger partial charge in [0.2, 0.25) is 0 Å². The van der Waals surface area contributed by atoms with Crippen molar-refractivity contribution in [3.63, 3.8) is 0 Å². The van der Waals surface area contributed by atoms with Gasteiger partial charge in [-0.05, 0) is 31.5 Å². The van der Waals surface area contributed by atoms with Crippen LogP contribution in [0.3, 0.4) is 0 Å². The van der Waals surface area contributed by atoms with E-state index >= 15 is 0 Å². The van der Waals surface area contributed by atoms with E-state index in [0.29, 0.717) is 13.2 Å². The SMILES string of the molecule is CCOP(=O)(OCC)C(Sc1ccccc1)c1ccccc1. The van der Waals surface area contributed by atoms with Gasteiger partial charge >= 0.3 is 7.60 Å². The quantitative estimate of drug-likeness (QED) is 0.454. The van der Waals surface area contributed by atoms with Crippen LogP contribution in [0.1, 0.15) is 24.4 Å². The topological polar surface area (TPSA) is 35.5 Å². The molecule has 0 aliphatic heterocycles. The van der Waals surface area contributed by atoms with Gasteiger partial charge < -0.3 is 9.05 Å². The third kappa shape index (κ3) is 4.47. The van der Waals surface area contributed by atoms with Crippen LogP contribution in [0.2, 0.25) is 0 Å². The summed E-state index contributed by atoms with van der Waals surface area (Å²) in [6.07, 6.45) is 0. The molecule has 1 atom stereocenters. The second-order valence-electron chi connectivity index (χ2n) is 4.57. The third-order valence-electron chi connectivity index (χ3n) is 2.98. The molecule has 118 valence electrons. The minimum absolute atomic E-state index is 0.357. The Balaban J connectivity index is 2.38. The smallest absolute Gasteiger partial charge is 0.308 e. The minimum Gasteiger partial charge on any atom is -0.308 e. The van der Waals surface area contributed by atoms with Crippen LogP contribution in [0.4, 0.5) is 0 Å². The lowest BCUT2D eigenvalue weighted by Crippen LogP contribution is -2.04. The first kappa shape index (κ1) is 17.3. The molecule has 0 bridgehead atoms. The maximum absolute atomic E-state index is 13.3. The van der Waals surface area contributed by atoms with Crippen molar-refractivity contribution in [2.75, 3.05) is 13.2 Å². The van der Waals surface area contributed by atoms with Crippen molar-refractivity contribution in [3.05, 3.63) is 66.2 Å². The number of hydrogen-bond donors (Lipinski definition) is 0. The van der Waals surface area contributed by atoms with E-state index in [2.05, 4.69) is 0 Å². The highest BCUT2D eigenvalue weighted by molar-refractivity contribution is 8.05. The first-order valence-corrected chi connectivity index (χ1v) is 9.84.